The smallest absolute Gasteiger partial charge is 0.163 e. The summed E-state index contributed by atoms with van der Waals surface area (Å²) in [5.74, 6) is 0.743. The van der Waals surface area contributed by atoms with Gasteiger partial charge in [0.2, 0.25) is 0 Å². The molecule has 22 heavy (non-hydrogen) atoms. The van der Waals surface area contributed by atoms with Gasteiger partial charge in [0.15, 0.2) is 5.78 Å². The van der Waals surface area contributed by atoms with E-state index in [9.17, 15) is 4.79 Å². The van der Waals surface area contributed by atoms with Crippen LogP contribution in [-0.2, 0) is 12.8 Å². The number of ketones is 1. The van der Waals surface area contributed by atoms with Crippen molar-refractivity contribution in [3.63, 3.8) is 0 Å². The van der Waals surface area contributed by atoms with Crippen LogP contribution in [0, 0.1) is 0 Å². The summed E-state index contributed by atoms with van der Waals surface area (Å²) in [5.41, 5.74) is 2.97. The highest BCUT2D eigenvalue weighted by atomic mass is 16.5. The van der Waals surface area contributed by atoms with E-state index in [4.69, 9.17) is 4.74 Å². The van der Waals surface area contributed by atoms with E-state index in [1.54, 1.807) is 6.92 Å². The van der Waals surface area contributed by atoms with Crippen LogP contribution in [0.25, 0.3) is 0 Å². The van der Waals surface area contributed by atoms with Gasteiger partial charge in [-0.25, -0.2) is 0 Å². The Bertz CT molecular complexity index is 629. The highest BCUT2D eigenvalue weighted by Gasteiger charge is 2.12. The summed E-state index contributed by atoms with van der Waals surface area (Å²) in [7, 11) is 0. The van der Waals surface area contributed by atoms with E-state index in [2.05, 4.69) is 18.7 Å². The number of rotatable bonds is 8. The molecule has 114 valence electrons. The Morgan fingerprint density at radius 3 is 2.59 bits per heavy atom. The molecule has 2 aromatic carbocycles. The van der Waals surface area contributed by atoms with Crippen LogP contribution in [0.3, 0.4) is 0 Å². The average molecular weight is 294 g/mol. The average Bonchev–Trinajstić information content (AvgIpc) is 2.53. The van der Waals surface area contributed by atoms with Gasteiger partial charge in [-0.05, 0) is 43.4 Å². The van der Waals surface area contributed by atoms with Crippen LogP contribution in [0.4, 0.5) is 0 Å². The van der Waals surface area contributed by atoms with Crippen LogP contribution in [0.5, 0.6) is 5.75 Å². The Morgan fingerprint density at radius 1 is 1.14 bits per heavy atom. The van der Waals surface area contributed by atoms with Crippen molar-refractivity contribution in [3.8, 4) is 5.75 Å². The van der Waals surface area contributed by atoms with Crippen molar-refractivity contribution in [2.45, 2.75) is 26.2 Å². The highest BCUT2D eigenvalue weighted by Crippen LogP contribution is 2.25. The van der Waals surface area contributed by atoms with E-state index in [0.29, 0.717) is 24.3 Å². The molecule has 0 saturated carbocycles. The van der Waals surface area contributed by atoms with E-state index >= 15 is 0 Å². The van der Waals surface area contributed by atoms with Gasteiger partial charge >= 0.3 is 0 Å². The summed E-state index contributed by atoms with van der Waals surface area (Å²) in [6.45, 7) is 5.94. The second kappa shape index (κ2) is 8.18. The van der Waals surface area contributed by atoms with Crippen molar-refractivity contribution in [1.29, 1.82) is 0 Å². The maximum atomic E-state index is 11.8. The van der Waals surface area contributed by atoms with Crippen LogP contribution in [0.15, 0.2) is 61.2 Å². The van der Waals surface area contributed by atoms with Crippen molar-refractivity contribution >= 4 is 5.78 Å². The fourth-order valence-corrected chi connectivity index (χ4v) is 2.44. The number of Topliss-reactive ketones (excluding diaryl/α,β-unsaturated/α-hetero) is 1. The quantitative estimate of drug-likeness (QED) is 0.403. The monoisotopic (exact) mass is 294 g/mol. The number of ether oxygens (including phenoxy) is 1. The molecule has 0 aliphatic heterocycles. The Balaban J connectivity index is 2.01. The molecule has 2 aromatic rings. The van der Waals surface area contributed by atoms with Crippen LogP contribution in [-0.4, -0.2) is 12.4 Å². The summed E-state index contributed by atoms with van der Waals surface area (Å²) < 4.78 is 5.94. The number of carbonyl (C=O) groups excluding carboxylic acids is 1. The van der Waals surface area contributed by atoms with Gasteiger partial charge in [-0.3, -0.25) is 4.79 Å². The summed E-state index contributed by atoms with van der Waals surface area (Å²) in [6.07, 6.45) is 4.43. The number of hydrogen-bond donors (Lipinski definition) is 0. The van der Waals surface area contributed by atoms with Crippen LogP contribution in [0.1, 0.15) is 34.8 Å². The summed E-state index contributed by atoms with van der Waals surface area (Å²) >= 11 is 0. The van der Waals surface area contributed by atoms with Crippen molar-refractivity contribution in [2.24, 2.45) is 0 Å². The molecule has 0 aliphatic carbocycles. The molecule has 0 N–H and O–H groups in total. The number of hydrogen-bond acceptors (Lipinski definition) is 2. The number of benzene rings is 2. The van der Waals surface area contributed by atoms with Gasteiger partial charge < -0.3 is 4.74 Å². The minimum Gasteiger partial charge on any atom is -0.493 e. The molecule has 0 heterocycles. The van der Waals surface area contributed by atoms with Gasteiger partial charge in [0.25, 0.3) is 0 Å². The highest BCUT2D eigenvalue weighted by molar-refractivity contribution is 5.97. The third-order valence-corrected chi connectivity index (χ3v) is 3.54. The van der Waals surface area contributed by atoms with Gasteiger partial charge in [-0.15, -0.1) is 6.58 Å². The second-order valence-electron chi connectivity index (χ2n) is 5.28. The van der Waals surface area contributed by atoms with E-state index in [0.717, 1.165) is 18.4 Å². The third kappa shape index (κ3) is 4.32. The molecule has 0 bridgehead atoms. The number of allylic oxidation sites excluding steroid dienone is 1. The SMILES string of the molecule is C=CCc1cccc(C(C)=O)c1OCCCc1ccccc1. The zero-order valence-electron chi connectivity index (χ0n) is 13.0. The molecule has 0 aliphatic rings. The Morgan fingerprint density at radius 2 is 1.91 bits per heavy atom. The van der Waals surface area contributed by atoms with Crippen LogP contribution < -0.4 is 4.74 Å². The summed E-state index contributed by atoms with van der Waals surface area (Å²) in [4.78, 5) is 11.8. The molecule has 0 fully saturated rings. The minimum atomic E-state index is 0.0315. The van der Waals surface area contributed by atoms with Gasteiger partial charge in [0, 0.05) is 0 Å². The van der Waals surface area contributed by atoms with Gasteiger partial charge in [-0.1, -0.05) is 48.5 Å². The fraction of sp³-hybridized carbons (Fsp3) is 0.250. The first-order valence-corrected chi connectivity index (χ1v) is 7.63. The molecule has 0 unspecified atom stereocenters. The largest absolute Gasteiger partial charge is 0.493 e. The van der Waals surface area contributed by atoms with Crippen molar-refractivity contribution in [1.82, 2.24) is 0 Å². The number of carbonyl (C=O) groups is 1. The van der Waals surface area contributed by atoms with Gasteiger partial charge in [0.05, 0.1) is 12.2 Å². The Labute approximate surface area is 132 Å². The molecule has 0 amide bonds. The van der Waals surface area contributed by atoms with E-state index in [1.165, 1.54) is 5.56 Å². The van der Waals surface area contributed by atoms with Gasteiger partial charge in [-0.2, -0.15) is 0 Å². The minimum absolute atomic E-state index is 0.0315. The normalized spacial score (nSPS) is 10.2. The van der Waals surface area contributed by atoms with E-state index in [1.807, 2.05) is 42.5 Å². The first kappa shape index (κ1) is 16.0. The van der Waals surface area contributed by atoms with Crippen molar-refractivity contribution in [2.75, 3.05) is 6.61 Å². The molecule has 2 nitrogen and oxygen atoms in total. The number of aryl methyl sites for hydroxylation is 1. The lowest BCUT2D eigenvalue weighted by molar-refractivity contribution is 0.101. The summed E-state index contributed by atoms with van der Waals surface area (Å²) in [6, 6.07) is 16.0. The molecule has 2 rings (SSSR count). The molecule has 0 aromatic heterocycles. The predicted octanol–water partition coefficient (Wildman–Crippen LogP) is 4.63. The van der Waals surface area contributed by atoms with Crippen LogP contribution in [0.2, 0.25) is 0 Å². The molecule has 0 saturated heterocycles. The molecular formula is C20H22O2. The standard InChI is InChI=1S/C20H22O2/c1-3-9-18-13-7-14-19(16(2)21)20(18)22-15-8-12-17-10-5-4-6-11-17/h3-7,10-11,13-14H,1,8-9,12,15H2,2H3. The Hall–Kier alpha value is -2.35. The van der Waals surface area contributed by atoms with Crippen LogP contribution >= 0.6 is 0 Å². The first-order valence-electron chi connectivity index (χ1n) is 7.63. The maximum Gasteiger partial charge on any atom is 0.163 e. The molecule has 2 heteroatoms. The maximum absolute atomic E-state index is 11.8. The molecular weight excluding hydrogens is 272 g/mol. The molecule has 0 spiro atoms. The lowest BCUT2D eigenvalue weighted by Gasteiger charge is -2.14. The topological polar surface area (TPSA) is 26.3 Å². The number of para-hydroxylation sites is 1. The first-order chi connectivity index (χ1) is 10.7. The fourth-order valence-electron chi connectivity index (χ4n) is 2.44. The lowest BCUT2D eigenvalue weighted by Crippen LogP contribution is -2.06. The predicted molar refractivity (Wildman–Crippen MR) is 90.6 cm³/mol. The van der Waals surface area contributed by atoms with E-state index in [-0.39, 0.29) is 5.78 Å². The van der Waals surface area contributed by atoms with Crippen molar-refractivity contribution < 1.29 is 9.53 Å². The zero-order chi connectivity index (χ0) is 15.8. The lowest BCUT2D eigenvalue weighted by atomic mass is 10.0. The third-order valence-electron chi connectivity index (χ3n) is 3.54. The summed E-state index contributed by atoms with van der Waals surface area (Å²) in [5, 5.41) is 0. The second-order valence-corrected chi connectivity index (χ2v) is 5.28. The Kier molecular flexibility index (Phi) is 5.96. The van der Waals surface area contributed by atoms with Gasteiger partial charge in [0.1, 0.15) is 5.75 Å². The zero-order valence-corrected chi connectivity index (χ0v) is 13.0. The molecule has 0 atom stereocenters. The van der Waals surface area contributed by atoms with Crippen molar-refractivity contribution in [3.05, 3.63) is 77.9 Å². The molecule has 0 radical (unpaired) electrons. The van der Waals surface area contributed by atoms with E-state index < -0.39 is 0 Å².